The van der Waals surface area contributed by atoms with Crippen LogP contribution in [0.25, 0.3) is 27.7 Å². The third kappa shape index (κ3) is 3.52. The molecule has 3 aromatic heterocycles. The smallest absolute Gasteiger partial charge is 0.261 e. The Morgan fingerprint density at radius 2 is 1.90 bits per heavy atom. The first-order chi connectivity index (χ1) is 14.1. The number of hydrogen-bond acceptors (Lipinski definition) is 5. The first-order valence-corrected chi connectivity index (χ1v) is 9.27. The Labute approximate surface area is 166 Å². The molecule has 0 aliphatic heterocycles. The number of fused-ring (bicyclic) bond motifs is 3. The number of aromatic nitrogens is 4. The number of nitrogens with zero attached hydrogens (tertiary/aromatic N) is 4. The summed E-state index contributed by atoms with van der Waals surface area (Å²) < 4.78 is 27.0. The lowest BCUT2D eigenvalue weighted by Gasteiger charge is -2.08. The molecule has 0 bridgehead atoms. The molecule has 8 heteroatoms. The largest absolute Gasteiger partial charge is 0.385 e. The molecular weight excluding hydrogens is 375 g/mol. The zero-order valence-electron chi connectivity index (χ0n) is 16.3. The topological polar surface area (TPSA) is 70.7 Å². The molecule has 0 radical (unpaired) electrons. The van der Waals surface area contributed by atoms with Crippen molar-refractivity contribution in [1.29, 1.82) is 0 Å². The number of hydrogen-bond donors (Lipinski definition) is 0. The summed E-state index contributed by atoms with van der Waals surface area (Å²) in [4.78, 5) is 17.4. The van der Waals surface area contributed by atoms with Crippen LogP contribution in [0.2, 0.25) is 0 Å². The molecule has 0 saturated heterocycles. The predicted molar refractivity (Wildman–Crippen MR) is 107 cm³/mol. The van der Waals surface area contributed by atoms with Crippen LogP contribution in [-0.4, -0.2) is 40.0 Å². The fraction of sp³-hybridized carbons (Fsp3) is 0.286. The molecule has 0 fully saturated rings. The molecule has 0 aliphatic rings. The van der Waals surface area contributed by atoms with E-state index in [9.17, 15) is 9.18 Å². The number of ether oxygens (including phenoxy) is 2. The van der Waals surface area contributed by atoms with Gasteiger partial charge in [-0.2, -0.15) is 5.10 Å². The van der Waals surface area contributed by atoms with E-state index >= 15 is 0 Å². The van der Waals surface area contributed by atoms with E-state index in [0.717, 1.165) is 17.5 Å². The summed E-state index contributed by atoms with van der Waals surface area (Å²) in [6, 6.07) is 8.02. The number of rotatable bonds is 7. The summed E-state index contributed by atoms with van der Waals surface area (Å²) in [5.74, 6) is -0.314. The van der Waals surface area contributed by atoms with Crippen LogP contribution in [0.3, 0.4) is 0 Å². The van der Waals surface area contributed by atoms with Crippen molar-refractivity contribution in [3.8, 4) is 11.1 Å². The van der Waals surface area contributed by atoms with Crippen LogP contribution >= 0.6 is 0 Å². The van der Waals surface area contributed by atoms with Gasteiger partial charge in [0.15, 0.2) is 5.65 Å². The Bertz CT molecular complexity index is 1210. The maximum absolute atomic E-state index is 13.4. The van der Waals surface area contributed by atoms with E-state index in [1.54, 1.807) is 47.8 Å². The SMILES string of the molecule is COCCCn1ccc2c(cnc3c(-c4ccc(F)cc4)c(COC)nn32)c1=O. The van der Waals surface area contributed by atoms with Gasteiger partial charge >= 0.3 is 0 Å². The molecule has 7 nitrogen and oxygen atoms in total. The van der Waals surface area contributed by atoms with Crippen LogP contribution in [0, 0.1) is 5.82 Å². The van der Waals surface area contributed by atoms with Crippen molar-refractivity contribution < 1.29 is 13.9 Å². The number of halogens is 1. The van der Waals surface area contributed by atoms with E-state index in [1.807, 2.05) is 6.07 Å². The zero-order chi connectivity index (χ0) is 20.4. The highest BCUT2D eigenvalue weighted by molar-refractivity contribution is 5.86. The monoisotopic (exact) mass is 396 g/mol. The lowest BCUT2D eigenvalue weighted by atomic mass is 10.1. The van der Waals surface area contributed by atoms with Gasteiger partial charge in [0.1, 0.15) is 5.82 Å². The molecule has 0 amide bonds. The van der Waals surface area contributed by atoms with Gasteiger partial charge in [0.2, 0.25) is 0 Å². The van der Waals surface area contributed by atoms with Crippen LogP contribution in [0.15, 0.2) is 47.5 Å². The second kappa shape index (κ2) is 8.10. The van der Waals surface area contributed by atoms with E-state index in [1.165, 1.54) is 12.1 Å². The third-order valence-corrected chi connectivity index (χ3v) is 4.82. The Balaban J connectivity index is 1.90. The molecule has 0 saturated carbocycles. The molecular formula is C21H21FN4O3. The second-order valence-electron chi connectivity index (χ2n) is 6.71. The second-order valence-corrected chi connectivity index (χ2v) is 6.71. The Hall–Kier alpha value is -3.10. The molecule has 4 rings (SSSR count). The summed E-state index contributed by atoms with van der Waals surface area (Å²) in [6.45, 7) is 1.42. The molecule has 0 N–H and O–H groups in total. The zero-order valence-corrected chi connectivity index (χ0v) is 16.3. The summed E-state index contributed by atoms with van der Waals surface area (Å²) in [6.07, 6.45) is 4.08. The van der Waals surface area contributed by atoms with E-state index in [4.69, 9.17) is 9.47 Å². The van der Waals surface area contributed by atoms with Crippen LogP contribution in [-0.2, 0) is 22.6 Å². The summed E-state index contributed by atoms with van der Waals surface area (Å²) in [5, 5.41) is 5.12. The minimum atomic E-state index is -0.314. The average Bonchev–Trinajstić information content (AvgIpc) is 3.09. The first kappa shape index (κ1) is 19.2. The van der Waals surface area contributed by atoms with Crippen LogP contribution < -0.4 is 5.56 Å². The van der Waals surface area contributed by atoms with Crippen LogP contribution in [0.5, 0.6) is 0 Å². The van der Waals surface area contributed by atoms with Gasteiger partial charge in [0.05, 0.1) is 28.8 Å². The molecule has 150 valence electrons. The van der Waals surface area contributed by atoms with Crippen molar-refractivity contribution in [2.45, 2.75) is 19.6 Å². The highest BCUT2D eigenvalue weighted by Gasteiger charge is 2.18. The van der Waals surface area contributed by atoms with Gasteiger partial charge in [0.25, 0.3) is 5.56 Å². The molecule has 0 spiro atoms. The van der Waals surface area contributed by atoms with E-state index in [0.29, 0.717) is 35.4 Å². The van der Waals surface area contributed by atoms with E-state index in [-0.39, 0.29) is 18.0 Å². The Morgan fingerprint density at radius 1 is 1.10 bits per heavy atom. The quantitative estimate of drug-likeness (QED) is 0.449. The maximum atomic E-state index is 13.4. The third-order valence-electron chi connectivity index (χ3n) is 4.82. The minimum absolute atomic E-state index is 0.125. The van der Waals surface area contributed by atoms with Crippen molar-refractivity contribution in [2.24, 2.45) is 0 Å². The molecule has 1 aromatic carbocycles. The molecule has 3 heterocycles. The highest BCUT2D eigenvalue weighted by atomic mass is 19.1. The number of pyridine rings is 1. The van der Waals surface area contributed by atoms with Crippen molar-refractivity contribution in [2.75, 3.05) is 20.8 Å². The maximum Gasteiger partial charge on any atom is 0.261 e. The molecule has 4 aromatic rings. The molecule has 0 unspecified atom stereocenters. The average molecular weight is 396 g/mol. The standard InChI is InChI=1S/C21H21FN4O3/c1-28-11-3-9-25-10-8-18-16(21(25)27)12-23-20-19(14-4-6-15(22)7-5-14)17(13-29-2)24-26(18)20/h4-8,10,12H,3,9,11,13H2,1-2H3. The first-order valence-electron chi connectivity index (χ1n) is 9.27. The van der Waals surface area contributed by atoms with Crippen molar-refractivity contribution in [3.05, 3.63) is 64.6 Å². The number of aryl methyl sites for hydroxylation is 1. The van der Waals surface area contributed by atoms with Crippen molar-refractivity contribution in [1.82, 2.24) is 19.2 Å². The summed E-state index contributed by atoms with van der Waals surface area (Å²) >= 11 is 0. The normalized spacial score (nSPS) is 11.6. The van der Waals surface area contributed by atoms with E-state index in [2.05, 4.69) is 10.1 Å². The lowest BCUT2D eigenvalue weighted by Crippen LogP contribution is -2.21. The molecule has 0 atom stereocenters. The van der Waals surface area contributed by atoms with Gasteiger partial charge in [0, 0.05) is 39.8 Å². The van der Waals surface area contributed by atoms with E-state index < -0.39 is 0 Å². The predicted octanol–water partition coefficient (Wildman–Crippen LogP) is 3.03. The molecule has 29 heavy (non-hydrogen) atoms. The van der Waals surface area contributed by atoms with Gasteiger partial charge in [-0.25, -0.2) is 13.9 Å². The van der Waals surface area contributed by atoms with Crippen molar-refractivity contribution in [3.63, 3.8) is 0 Å². The fourth-order valence-electron chi connectivity index (χ4n) is 3.46. The fourth-order valence-corrected chi connectivity index (χ4v) is 3.46. The van der Waals surface area contributed by atoms with Gasteiger partial charge in [-0.3, -0.25) is 4.79 Å². The summed E-state index contributed by atoms with van der Waals surface area (Å²) in [5.41, 5.74) is 3.34. The van der Waals surface area contributed by atoms with Gasteiger partial charge < -0.3 is 14.0 Å². The van der Waals surface area contributed by atoms with Gasteiger partial charge in [-0.1, -0.05) is 12.1 Å². The highest BCUT2D eigenvalue weighted by Crippen LogP contribution is 2.29. The summed E-state index contributed by atoms with van der Waals surface area (Å²) in [7, 11) is 3.22. The Morgan fingerprint density at radius 3 is 2.62 bits per heavy atom. The molecule has 0 aliphatic carbocycles. The van der Waals surface area contributed by atoms with Gasteiger partial charge in [-0.05, 0) is 30.2 Å². The minimum Gasteiger partial charge on any atom is -0.385 e. The number of methoxy groups -OCH3 is 2. The van der Waals surface area contributed by atoms with Crippen molar-refractivity contribution >= 4 is 16.6 Å². The van der Waals surface area contributed by atoms with Gasteiger partial charge in [-0.15, -0.1) is 0 Å². The van der Waals surface area contributed by atoms with Crippen LogP contribution in [0.4, 0.5) is 4.39 Å². The van der Waals surface area contributed by atoms with Crippen LogP contribution in [0.1, 0.15) is 12.1 Å². The Kier molecular flexibility index (Phi) is 5.37. The lowest BCUT2D eigenvalue weighted by molar-refractivity contribution is 0.181. The number of benzene rings is 1.